The van der Waals surface area contributed by atoms with Crippen LogP contribution in [0.4, 0.5) is 5.69 Å². The number of nitrogens with zero attached hydrogens (tertiary/aromatic N) is 1. The maximum Gasteiger partial charge on any atom is 0.350 e. The molecule has 1 rings (SSSR count). The van der Waals surface area contributed by atoms with E-state index in [1.54, 1.807) is 26.0 Å². The van der Waals surface area contributed by atoms with Crippen LogP contribution in [0.25, 0.3) is 0 Å². The third kappa shape index (κ3) is 16.4. The van der Waals surface area contributed by atoms with Crippen molar-refractivity contribution in [1.29, 1.82) is 0 Å². The number of nitrogens with one attached hydrogen (secondary N) is 1. The lowest BCUT2D eigenvalue weighted by atomic mass is 10.0. The molecular weight excluding hydrogens is 464 g/mol. The minimum Gasteiger partial charge on any atom is -0.461 e. The van der Waals surface area contributed by atoms with Crippen molar-refractivity contribution in [2.45, 2.75) is 116 Å². The van der Waals surface area contributed by atoms with E-state index < -0.39 is 17.5 Å². The molecule has 0 spiro atoms. The molecule has 0 bridgehead atoms. The minimum absolute atomic E-state index is 0.256. The molecule has 0 aromatic heterocycles. The molecule has 0 aliphatic carbocycles. The van der Waals surface area contributed by atoms with Crippen molar-refractivity contribution >= 4 is 17.6 Å². The van der Waals surface area contributed by atoms with Crippen LogP contribution in [-0.2, 0) is 14.3 Å². The van der Waals surface area contributed by atoms with E-state index in [-0.39, 0.29) is 6.61 Å². The number of likely N-dealkylation sites (N-methyl/N-ethyl adjacent to an activating group) is 1. The molecule has 0 unspecified atom stereocenters. The summed E-state index contributed by atoms with van der Waals surface area (Å²) in [6, 6.07) is 7.21. The molecule has 0 aliphatic heterocycles. The second-order valence-electron chi connectivity index (χ2n) is 10.9. The first-order valence-electron chi connectivity index (χ1n) is 14.7. The Kier molecular flexibility index (Phi) is 17.8. The molecule has 0 saturated heterocycles. The number of hydrogen-bond acceptors (Lipinski definition) is 6. The highest BCUT2D eigenvalue weighted by Crippen LogP contribution is 2.18. The fourth-order valence-corrected chi connectivity index (χ4v) is 4.10. The van der Waals surface area contributed by atoms with Gasteiger partial charge < -0.3 is 19.7 Å². The molecule has 212 valence electrons. The third-order valence-corrected chi connectivity index (χ3v) is 6.59. The van der Waals surface area contributed by atoms with Crippen LogP contribution in [-0.4, -0.2) is 56.2 Å². The normalized spacial score (nSPS) is 11.5. The van der Waals surface area contributed by atoms with E-state index in [9.17, 15) is 9.59 Å². The highest BCUT2D eigenvalue weighted by Gasteiger charge is 2.34. The lowest BCUT2D eigenvalue weighted by Crippen LogP contribution is -2.39. The topological polar surface area (TPSA) is 67.9 Å². The largest absolute Gasteiger partial charge is 0.461 e. The van der Waals surface area contributed by atoms with Gasteiger partial charge in [0.1, 0.15) is 6.61 Å². The van der Waals surface area contributed by atoms with E-state index in [4.69, 9.17) is 9.47 Å². The Bertz CT molecular complexity index is 731. The van der Waals surface area contributed by atoms with Crippen molar-refractivity contribution < 1.29 is 19.1 Å². The van der Waals surface area contributed by atoms with Gasteiger partial charge in [0.15, 0.2) is 0 Å². The van der Waals surface area contributed by atoms with Crippen LogP contribution < -0.4 is 5.32 Å². The molecule has 6 heteroatoms. The van der Waals surface area contributed by atoms with Gasteiger partial charge in [-0.1, -0.05) is 90.4 Å². The molecule has 0 atom stereocenters. The van der Waals surface area contributed by atoms with Crippen LogP contribution >= 0.6 is 0 Å². The molecule has 0 aliphatic rings. The van der Waals surface area contributed by atoms with Crippen LogP contribution in [0.5, 0.6) is 0 Å². The quantitative estimate of drug-likeness (QED) is 0.126. The fraction of sp³-hybridized carbons (Fsp3) is 0.742. The van der Waals surface area contributed by atoms with Crippen molar-refractivity contribution in [3.05, 3.63) is 29.8 Å². The summed E-state index contributed by atoms with van der Waals surface area (Å²) in [5.41, 5.74) is 0.0543. The smallest absolute Gasteiger partial charge is 0.350 e. The highest BCUT2D eigenvalue weighted by atomic mass is 16.6. The summed E-state index contributed by atoms with van der Waals surface area (Å²) in [6.07, 6.45) is 19.0. The standard InChI is InChI=1S/C31H54N2O4/c1-6-7-8-9-10-11-12-13-14-15-16-17-18-19-24-32-28-22-20-27(21-23-28)29(34)37-31(2,3)30(35)36-26-25-33(4)5/h20-23,32H,6-19,24-26H2,1-5H3. The van der Waals surface area contributed by atoms with Gasteiger partial charge in [0.25, 0.3) is 0 Å². The van der Waals surface area contributed by atoms with Crippen molar-refractivity contribution in [3.63, 3.8) is 0 Å². The molecule has 0 amide bonds. The Labute approximate surface area is 226 Å². The third-order valence-electron chi connectivity index (χ3n) is 6.59. The fourth-order valence-electron chi connectivity index (χ4n) is 4.10. The van der Waals surface area contributed by atoms with Gasteiger partial charge in [0.2, 0.25) is 5.60 Å². The van der Waals surface area contributed by atoms with Crippen LogP contribution in [0.15, 0.2) is 24.3 Å². The Balaban J connectivity index is 2.12. The number of carbonyl (C=O) groups is 2. The van der Waals surface area contributed by atoms with Crippen molar-refractivity contribution in [3.8, 4) is 0 Å². The summed E-state index contributed by atoms with van der Waals surface area (Å²) in [6.45, 7) is 7.17. The number of carbonyl (C=O) groups excluding carboxylic acids is 2. The van der Waals surface area contributed by atoms with Crippen molar-refractivity contribution in [1.82, 2.24) is 4.90 Å². The highest BCUT2D eigenvalue weighted by molar-refractivity contribution is 5.92. The number of esters is 2. The van der Waals surface area contributed by atoms with E-state index in [1.165, 1.54) is 83.5 Å². The van der Waals surface area contributed by atoms with Gasteiger partial charge in [-0.25, -0.2) is 9.59 Å². The summed E-state index contributed by atoms with van der Waals surface area (Å²) in [4.78, 5) is 26.7. The molecule has 1 N–H and O–H groups in total. The Morgan fingerprint density at radius 1 is 0.784 bits per heavy atom. The Morgan fingerprint density at radius 3 is 1.76 bits per heavy atom. The van der Waals surface area contributed by atoms with Crippen LogP contribution in [0, 0.1) is 0 Å². The van der Waals surface area contributed by atoms with E-state index in [2.05, 4.69) is 12.2 Å². The van der Waals surface area contributed by atoms with Gasteiger partial charge in [0, 0.05) is 18.8 Å². The maximum atomic E-state index is 12.5. The van der Waals surface area contributed by atoms with Gasteiger partial charge in [-0.15, -0.1) is 0 Å². The lowest BCUT2D eigenvalue weighted by Gasteiger charge is -2.23. The molecular formula is C31H54N2O4. The number of hydrogen-bond donors (Lipinski definition) is 1. The Morgan fingerprint density at radius 2 is 1.27 bits per heavy atom. The monoisotopic (exact) mass is 518 g/mol. The van der Waals surface area contributed by atoms with Gasteiger partial charge in [-0.3, -0.25) is 0 Å². The molecule has 6 nitrogen and oxygen atoms in total. The number of rotatable bonds is 22. The van der Waals surface area contributed by atoms with Gasteiger partial charge in [0.05, 0.1) is 5.56 Å². The first-order valence-corrected chi connectivity index (χ1v) is 14.7. The number of ether oxygens (including phenoxy) is 2. The maximum absolute atomic E-state index is 12.5. The lowest BCUT2D eigenvalue weighted by molar-refractivity contribution is -0.162. The Hall–Kier alpha value is -2.08. The van der Waals surface area contributed by atoms with Gasteiger partial charge in [-0.2, -0.15) is 0 Å². The minimum atomic E-state index is -1.34. The summed E-state index contributed by atoms with van der Waals surface area (Å²) >= 11 is 0. The SMILES string of the molecule is CCCCCCCCCCCCCCCCNc1ccc(C(=O)OC(C)(C)C(=O)OCCN(C)C)cc1. The summed E-state index contributed by atoms with van der Waals surface area (Å²) in [7, 11) is 3.80. The zero-order valence-corrected chi connectivity index (χ0v) is 24.4. The zero-order chi connectivity index (χ0) is 27.4. The first kappa shape index (κ1) is 32.9. The summed E-state index contributed by atoms with van der Waals surface area (Å²) in [5, 5.41) is 3.42. The van der Waals surface area contributed by atoms with E-state index in [0.717, 1.165) is 18.7 Å². The van der Waals surface area contributed by atoms with E-state index in [1.807, 2.05) is 31.1 Å². The molecule has 0 saturated carbocycles. The van der Waals surface area contributed by atoms with Gasteiger partial charge in [-0.05, 0) is 58.6 Å². The van der Waals surface area contributed by atoms with Crippen molar-refractivity contribution in [2.75, 3.05) is 39.1 Å². The number of anilines is 1. The molecule has 0 heterocycles. The van der Waals surface area contributed by atoms with Crippen LogP contribution in [0.3, 0.4) is 0 Å². The molecule has 1 aromatic carbocycles. The average molecular weight is 519 g/mol. The average Bonchev–Trinajstić information content (AvgIpc) is 2.86. The van der Waals surface area contributed by atoms with Crippen LogP contribution in [0.1, 0.15) is 121 Å². The summed E-state index contributed by atoms with van der Waals surface area (Å²) in [5.74, 6) is -1.08. The predicted molar refractivity (Wildman–Crippen MR) is 154 cm³/mol. The van der Waals surface area contributed by atoms with Crippen LogP contribution in [0.2, 0.25) is 0 Å². The van der Waals surface area contributed by atoms with Crippen molar-refractivity contribution in [2.24, 2.45) is 0 Å². The molecule has 1 aromatic rings. The second kappa shape index (κ2) is 20.0. The second-order valence-corrected chi connectivity index (χ2v) is 10.9. The predicted octanol–water partition coefficient (Wildman–Crippen LogP) is 7.62. The molecule has 0 radical (unpaired) electrons. The first-order chi connectivity index (χ1) is 17.8. The number of benzene rings is 1. The number of unbranched alkanes of at least 4 members (excludes halogenated alkanes) is 13. The van der Waals surface area contributed by atoms with E-state index >= 15 is 0 Å². The molecule has 37 heavy (non-hydrogen) atoms. The van der Waals surface area contributed by atoms with E-state index in [0.29, 0.717) is 12.1 Å². The summed E-state index contributed by atoms with van der Waals surface area (Å²) < 4.78 is 10.7. The van der Waals surface area contributed by atoms with Gasteiger partial charge >= 0.3 is 11.9 Å². The zero-order valence-electron chi connectivity index (χ0n) is 24.4. The molecule has 0 fully saturated rings.